The molecule has 0 aliphatic heterocycles. The van der Waals surface area contributed by atoms with Crippen molar-refractivity contribution in [2.24, 2.45) is 0 Å². The number of aromatic nitrogens is 4. The van der Waals surface area contributed by atoms with Crippen LogP contribution in [-0.4, -0.2) is 45.2 Å². The summed E-state index contributed by atoms with van der Waals surface area (Å²) in [5.74, 6) is -0.121. The van der Waals surface area contributed by atoms with Gasteiger partial charge >= 0.3 is 0 Å². The number of hydrogen-bond donors (Lipinski definition) is 0. The predicted octanol–water partition coefficient (Wildman–Crippen LogP) is 0.563. The van der Waals surface area contributed by atoms with Crippen LogP contribution in [0.15, 0.2) is 43.2 Å². The highest BCUT2D eigenvalue weighted by Crippen LogP contribution is 2.12. The monoisotopic (exact) mass is 332 g/mol. The molecule has 0 amide bonds. The Kier molecular flexibility index (Phi) is 5.56. The molecule has 0 atom stereocenters. The molecular formula is C14H16N6O2S. The van der Waals surface area contributed by atoms with E-state index < -0.39 is 10.0 Å². The van der Waals surface area contributed by atoms with Gasteiger partial charge in [0.15, 0.2) is 0 Å². The molecule has 0 saturated heterocycles. The van der Waals surface area contributed by atoms with Crippen molar-refractivity contribution in [3.8, 4) is 6.07 Å². The van der Waals surface area contributed by atoms with Crippen molar-refractivity contribution in [3.63, 3.8) is 0 Å². The molecule has 2 rings (SSSR count). The van der Waals surface area contributed by atoms with E-state index in [2.05, 4.69) is 22.1 Å². The Morgan fingerprint density at radius 2 is 2.26 bits per heavy atom. The van der Waals surface area contributed by atoms with Gasteiger partial charge in [-0.1, -0.05) is 18.2 Å². The van der Waals surface area contributed by atoms with Crippen LogP contribution in [0.25, 0.3) is 0 Å². The molecule has 0 spiro atoms. The number of nitrogens with zero attached hydrogens (tertiary/aromatic N) is 6. The summed E-state index contributed by atoms with van der Waals surface area (Å²) in [6.07, 6.45) is 2.90. The van der Waals surface area contributed by atoms with Crippen LogP contribution in [0.4, 0.5) is 0 Å². The van der Waals surface area contributed by atoms with Crippen molar-refractivity contribution >= 4 is 10.0 Å². The number of aryl methyl sites for hydroxylation is 1. The van der Waals surface area contributed by atoms with Crippen molar-refractivity contribution in [1.29, 1.82) is 5.26 Å². The standard InChI is InChI=1S/C14H16N6O2S/c1-2-6-20(11-14-5-3-4-13(9-14)10-15)23(21,22)8-7-19-12-16-17-18-19/h2-5,9,12H,1,6-8,11H2. The van der Waals surface area contributed by atoms with Gasteiger partial charge in [0.25, 0.3) is 0 Å². The Bertz CT molecular complexity index is 795. The molecule has 0 unspecified atom stereocenters. The molecule has 1 aromatic carbocycles. The third-order valence-electron chi connectivity index (χ3n) is 3.11. The topological polar surface area (TPSA) is 105 Å². The zero-order chi connectivity index (χ0) is 16.7. The van der Waals surface area contributed by atoms with Crippen molar-refractivity contribution in [2.45, 2.75) is 13.1 Å². The smallest absolute Gasteiger partial charge is 0.216 e. The molecule has 0 fully saturated rings. The Hall–Kier alpha value is -2.57. The van der Waals surface area contributed by atoms with E-state index in [9.17, 15) is 8.42 Å². The minimum atomic E-state index is -3.52. The summed E-state index contributed by atoms with van der Waals surface area (Å²) in [6, 6.07) is 8.90. The molecule has 1 aromatic heterocycles. The van der Waals surface area contributed by atoms with Gasteiger partial charge in [0.1, 0.15) is 6.33 Å². The van der Waals surface area contributed by atoms with Gasteiger partial charge in [0.05, 0.1) is 23.9 Å². The fraction of sp³-hybridized carbons (Fsp3) is 0.286. The van der Waals surface area contributed by atoms with E-state index in [4.69, 9.17) is 5.26 Å². The predicted molar refractivity (Wildman–Crippen MR) is 83.4 cm³/mol. The minimum absolute atomic E-state index is 0.121. The van der Waals surface area contributed by atoms with Crippen LogP contribution in [0.3, 0.4) is 0 Å². The Morgan fingerprint density at radius 3 is 2.91 bits per heavy atom. The second-order valence-electron chi connectivity index (χ2n) is 4.78. The summed E-state index contributed by atoms with van der Waals surface area (Å²) in [5.41, 5.74) is 1.24. The van der Waals surface area contributed by atoms with E-state index >= 15 is 0 Å². The Labute approximate surface area is 134 Å². The van der Waals surface area contributed by atoms with Gasteiger partial charge in [0, 0.05) is 13.1 Å². The molecule has 0 radical (unpaired) electrons. The highest BCUT2D eigenvalue weighted by Gasteiger charge is 2.21. The second-order valence-corrected chi connectivity index (χ2v) is 6.87. The highest BCUT2D eigenvalue weighted by atomic mass is 32.2. The van der Waals surface area contributed by atoms with Crippen LogP contribution in [-0.2, 0) is 23.1 Å². The Balaban J connectivity index is 2.12. The number of benzene rings is 1. The molecule has 2 aromatic rings. The van der Waals surface area contributed by atoms with Crippen LogP contribution < -0.4 is 0 Å². The average Bonchev–Trinajstić information content (AvgIpc) is 3.06. The number of nitriles is 1. The molecule has 0 N–H and O–H groups in total. The quantitative estimate of drug-likeness (QED) is 0.654. The van der Waals surface area contributed by atoms with Gasteiger partial charge in [-0.3, -0.25) is 0 Å². The van der Waals surface area contributed by atoms with E-state index in [0.29, 0.717) is 5.56 Å². The van der Waals surface area contributed by atoms with Crippen molar-refractivity contribution in [1.82, 2.24) is 24.5 Å². The first kappa shape index (κ1) is 16.8. The molecule has 120 valence electrons. The maximum Gasteiger partial charge on any atom is 0.216 e. The van der Waals surface area contributed by atoms with Crippen molar-refractivity contribution in [3.05, 3.63) is 54.4 Å². The number of hydrogen-bond acceptors (Lipinski definition) is 6. The molecule has 23 heavy (non-hydrogen) atoms. The van der Waals surface area contributed by atoms with Crippen molar-refractivity contribution < 1.29 is 8.42 Å². The summed E-state index contributed by atoms with van der Waals surface area (Å²) in [4.78, 5) is 0. The molecule has 0 saturated carbocycles. The summed E-state index contributed by atoms with van der Waals surface area (Å²) < 4.78 is 27.7. The first-order valence-corrected chi connectivity index (χ1v) is 8.44. The lowest BCUT2D eigenvalue weighted by Crippen LogP contribution is -2.34. The summed E-state index contributed by atoms with van der Waals surface area (Å²) in [6.45, 7) is 4.14. The van der Waals surface area contributed by atoms with Gasteiger partial charge < -0.3 is 0 Å². The SMILES string of the molecule is C=CCN(Cc1cccc(C#N)c1)S(=O)(=O)CCn1cnnn1. The molecule has 1 heterocycles. The van der Waals surface area contributed by atoms with Crippen LogP contribution >= 0.6 is 0 Å². The Morgan fingerprint density at radius 1 is 1.43 bits per heavy atom. The third kappa shape index (κ3) is 4.70. The van der Waals surface area contributed by atoms with E-state index in [0.717, 1.165) is 5.56 Å². The number of sulfonamides is 1. The van der Waals surface area contributed by atoms with Crippen LogP contribution in [0.2, 0.25) is 0 Å². The second kappa shape index (κ2) is 7.62. The summed E-state index contributed by atoms with van der Waals surface area (Å²) in [5, 5.41) is 19.5. The molecule has 0 aliphatic rings. The zero-order valence-corrected chi connectivity index (χ0v) is 13.2. The van der Waals surface area contributed by atoms with Gasteiger partial charge in [-0.2, -0.15) is 9.57 Å². The number of rotatable bonds is 8. The first-order chi connectivity index (χ1) is 11.0. The maximum absolute atomic E-state index is 12.5. The first-order valence-electron chi connectivity index (χ1n) is 6.83. The molecular weight excluding hydrogens is 316 g/mol. The lowest BCUT2D eigenvalue weighted by molar-refractivity contribution is 0.434. The summed E-state index contributed by atoms with van der Waals surface area (Å²) >= 11 is 0. The minimum Gasteiger partial charge on any atom is -0.231 e. The molecule has 8 nitrogen and oxygen atoms in total. The van der Waals surface area contributed by atoms with Crippen LogP contribution in [0.1, 0.15) is 11.1 Å². The number of tetrazole rings is 1. The van der Waals surface area contributed by atoms with Crippen LogP contribution in [0.5, 0.6) is 0 Å². The lowest BCUT2D eigenvalue weighted by atomic mass is 10.1. The van der Waals surface area contributed by atoms with Gasteiger partial charge in [-0.15, -0.1) is 11.7 Å². The average molecular weight is 332 g/mol. The fourth-order valence-corrected chi connectivity index (χ4v) is 3.34. The maximum atomic E-state index is 12.5. The lowest BCUT2D eigenvalue weighted by Gasteiger charge is -2.20. The zero-order valence-electron chi connectivity index (χ0n) is 12.4. The summed E-state index contributed by atoms with van der Waals surface area (Å²) in [7, 11) is -3.52. The largest absolute Gasteiger partial charge is 0.231 e. The molecule has 0 aliphatic carbocycles. The van der Waals surface area contributed by atoms with E-state index in [1.165, 1.54) is 21.4 Å². The van der Waals surface area contributed by atoms with E-state index in [1.807, 2.05) is 6.07 Å². The highest BCUT2D eigenvalue weighted by molar-refractivity contribution is 7.89. The van der Waals surface area contributed by atoms with E-state index in [1.54, 1.807) is 24.3 Å². The van der Waals surface area contributed by atoms with Gasteiger partial charge in [-0.05, 0) is 28.1 Å². The van der Waals surface area contributed by atoms with Crippen LogP contribution in [0, 0.1) is 11.3 Å². The molecule has 0 bridgehead atoms. The molecule has 9 heteroatoms. The van der Waals surface area contributed by atoms with E-state index in [-0.39, 0.29) is 25.4 Å². The normalized spacial score (nSPS) is 11.3. The van der Waals surface area contributed by atoms with Gasteiger partial charge in [-0.25, -0.2) is 13.1 Å². The van der Waals surface area contributed by atoms with Gasteiger partial charge in [0.2, 0.25) is 10.0 Å². The van der Waals surface area contributed by atoms with Crippen molar-refractivity contribution in [2.75, 3.05) is 12.3 Å². The fourth-order valence-electron chi connectivity index (χ4n) is 1.98. The third-order valence-corrected chi connectivity index (χ3v) is 4.87.